The zero-order chi connectivity index (χ0) is 15.2. The number of nitriles is 1. The minimum atomic E-state index is -0.862. The lowest BCUT2D eigenvalue weighted by atomic mass is 9.99. The normalized spacial score (nSPS) is 13.6. The van der Waals surface area contributed by atoms with Crippen LogP contribution in [0.1, 0.15) is 31.9 Å². The quantitative estimate of drug-likeness (QED) is 0.592. The molecule has 1 rings (SSSR count). The number of thiocyanates is 1. The first-order chi connectivity index (χ1) is 9.37. The Morgan fingerprint density at radius 2 is 2.00 bits per heavy atom. The van der Waals surface area contributed by atoms with E-state index in [4.69, 9.17) is 10.00 Å². The number of carbonyl (C=O) groups is 1. The van der Waals surface area contributed by atoms with Gasteiger partial charge >= 0.3 is 5.97 Å². The summed E-state index contributed by atoms with van der Waals surface area (Å²) in [6, 6.07) is 7.99. The first-order valence-electron chi connectivity index (χ1n) is 6.67. The van der Waals surface area contributed by atoms with E-state index in [1.807, 2.05) is 50.4 Å². The van der Waals surface area contributed by atoms with Crippen LogP contribution in [0.15, 0.2) is 24.3 Å². The molecule has 1 aromatic carbocycles. The molecule has 1 unspecified atom stereocenters. The molecule has 1 atom stereocenters. The molecular weight excluding hydrogens is 270 g/mol. The standard InChI is InChI=1S/C16H21NO2S/c1-12(2)10-19-15(18)16(4,20-11-17)9-14-7-5-13(3)6-8-14/h5-8,12H,9-10H2,1-4H3. The summed E-state index contributed by atoms with van der Waals surface area (Å²) in [6.07, 6.45) is 0.489. The van der Waals surface area contributed by atoms with Gasteiger partial charge in [0.15, 0.2) is 0 Å². The predicted molar refractivity (Wildman–Crippen MR) is 82.3 cm³/mol. The van der Waals surface area contributed by atoms with Crippen molar-refractivity contribution in [1.82, 2.24) is 0 Å². The Kier molecular flexibility index (Phi) is 6.09. The number of rotatable bonds is 6. The number of carbonyl (C=O) groups excluding carboxylic acids is 1. The van der Waals surface area contributed by atoms with Crippen LogP contribution in [0.2, 0.25) is 0 Å². The van der Waals surface area contributed by atoms with Crippen LogP contribution in [-0.4, -0.2) is 17.3 Å². The van der Waals surface area contributed by atoms with Gasteiger partial charge in [0, 0.05) is 0 Å². The molecule has 0 aliphatic rings. The van der Waals surface area contributed by atoms with Gasteiger partial charge in [-0.15, -0.1) is 0 Å². The van der Waals surface area contributed by atoms with Gasteiger partial charge in [0.05, 0.1) is 6.61 Å². The maximum Gasteiger partial charge on any atom is 0.323 e. The van der Waals surface area contributed by atoms with E-state index in [1.54, 1.807) is 6.92 Å². The summed E-state index contributed by atoms with van der Waals surface area (Å²) in [5, 5.41) is 11.0. The van der Waals surface area contributed by atoms with E-state index in [0.29, 0.717) is 13.0 Å². The highest BCUT2D eigenvalue weighted by atomic mass is 32.2. The van der Waals surface area contributed by atoms with Gasteiger partial charge in [0.1, 0.15) is 10.1 Å². The summed E-state index contributed by atoms with van der Waals surface area (Å²) < 4.78 is 4.44. The lowest BCUT2D eigenvalue weighted by Crippen LogP contribution is -2.36. The van der Waals surface area contributed by atoms with Gasteiger partial charge in [-0.1, -0.05) is 43.7 Å². The van der Waals surface area contributed by atoms with Crippen LogP contribution in [0, 0.1) is 23.5 Å². The number of hydrogen-bond donors (Lipinski definition) is 0. The third kappa shape index (κ3) is 4.90. The van der Waals surface area contributed by atoms with Crippen molar-refractivity contribution in [2.45, 2.75) is 38.9 Å². The van der Waals surface area contributed by atoms with E-state index >= 15 is 0 Å². The van der Waals surface area contributed by atoms with E-state index in [-0.39, 0.29) is 11.9 Å². The van der Waals surface area contributed by atoms with Gasteiger partial charge in [-0.2, -0.15) is 5.26 Å². The number of thioether (sulfide) groups is 1. The van der Waals surface area contributed by atoms with Crippen molar-refractivity contribution in [2.75, 3.05) is 6.61 Å². The molecule has 0 saturated carbocycles. The Bertz CT molecular complexity index is 490. The van der Waals surface area contributed by atoms with Crippen molar-refractivity contribution in [1.29, 1.82) is 5.26 Å². The summed E-state index contributed by atoms with van der Waals surface area (Å²) in [5.74, 6) is -0.0343. The number of esters is 1. The van der Waals surface area contributed by atoms with Crippen LogP contribution >= 0.6 is 11.8 Å². The molecule has 0 aromatic heterocycles. The number of ether oxygens (including phenoxy) is 1. The second-order valence-corrected chi connectivity index (χ2v) is 6.87. The Morgan fingerprint density at radius 3 is 2.50 bits per heavy atom. The SMILES string of the molecule is Cc1ccc(CC(C)(SC#N)C(=O)OCC(C)C)cc1. The van der Waals surface area contributed by atoms with E-state index < -0.39 is 4.75 Å². The molecule has 0 heterocycles. The van der Waals surface area contributed by atoms with E-state index in [1.165, 1.54) is 5.56 Å². The zero-order valence-corrected chi connectivity index (χ0v) is 13.3. The van der Waals surface area contributed by atoms with Crippen molar-refractivity contribution in [3.63, 3.8) is 0 Å². The third-order valence-corrected chi connectivity index (χ3v) is 3.77. The van der Waals surface area contributed by atoms with Crippen molar-refractivity contribution >= 4 is 17.7 Å². The largest absolute Gasteiger partial charge is 0.464 e. The zero-order valence-electron chi connectivity index (χ0n) is 12.5. The van der Waals surface area contributed by atoms with E-state index in [0.717, 1.165) is 17.3 Å². The minimum Gasteiger partial charge on any atom is -0.464 e. The molecule has 20 heavy (non-hydrogen) atoms. The molecule has 0 amide bonds. The molecular formula is C16H21NO2S. The first kappa shape index (κ1) is 16.6. The van der Waals surface area contributed by atoms with E-state index in [2.05, 4.69) is 0 Å². The fourth-order valence-corrected chi connectivity index (χ4v) is 2.32. The highest BCUT2D eigenvalue weighted by Gasteiger charge is 2.36. The number of hydrogen-bond acceptors (Lipinski definition) is 4. The summed E-state index contributed by atoms with van der Waals surface area (Å²) in [6.45, 7) is 8.14. The Balaban J connectivity index is 2.82. The number of nitrogens with zero attached hydrogens (tertiary/aromatic N) is 1. The second-order valence-electron chi connectivity index (χ2n) is 5.58. The molecule has 0 radical (unpaired) electrons. The molecule has 0 aliphatic carbocycles. The Hall–Kier alpha value is -1.47. The summed E-state index contributed by atoms with van der Waals surface area (Å²) in [5.41, 5.74) is 2.20. The molecule has 0 bridgehead atoms. The lowest BCUT2D eigenvalue weighted by Gasteiger charge is -2.24. The maximum absolute atomic E-state index is 12.2. The van der Waals surface area contributed by atoms with Crippen LogP contribution in [-0.2, 0) is 16.0 Å². The number of aryl methyl sites for hydroxylation is 1. The molecule has 0 saturated heterocycles. The topological polar surface area (TPSA) is 50.1 Å². The highest BCUT2D eigenvalue weighted by Crippen LogP contribution is 2.30. The Morgan fingerprint density at radius 1 is 1.40 bits per heavy atom. The van der Waals surface area contributed by atoms with Crippen molar-refractivity contribution < 1.29 is 9.53 Å². The van der Waals surface area contributed by atoms with Crippen molar-refractivity contribution in [3.05, 3.63) is 35.4 Å². The monoisotopic (exact) mass is 291 g/mol. The van der Waals surface area contributed by atoms with Crippen LogP contribution in [0.25, 0.3) is 0 Å². The summed E-state index contributed by atoms with van der Waals surface area (Å²) >= 11 is 0.969. The summed E-state index contributed by atoms with van der Waals surface area (Å²) in [4.78, 5) is 12.2. The van der Waals surface area contributed by atoms with E-state index in [9.17, 15) is 4.79 Å². The molecule has 0 N–H and O–H groups in total. The van der Waals surface area contributed by atoms with Crippen molar-refractivity contribution in [3.8, 4) is 5.40 Å². The van der Waals surface area contributed by atoms with Gasteiger partial charge in [0.2, 0.25) is 0 Å². The second kappa shape index (κ2) is 7.35. The lowest BCUT2D eigenvalue weighted by molar-refractivity contribution is -0.147. The molecule has 4 heteroatoms. The van der Waals surface area contributed by atoms with Crippen LogP contribution in [0.5, 0.6) is 0 Å². The summed E-state index contributed by atoms with van der Waals surface area (Å²) in [7, 11) is 0. The minimum absolute atomic E-state index is 0.287. The molecule has 1 aromatic rings. The number of benzene rings is 1. The fraction of sp³-hybridized carbons (Fsp3) is 0.500. The smallest absolute Gasteiger partial charge is 0.323 e. The molecule has 0 spiro atoms. The highest BCUT2D eigenvalue weighted by molar-refractivity contribution is 8.05. The van der Waals surface area contributed by atoms with Gasteiger partial charge in [-0.25, -0.2) is 0 Å². The molecule has 108 valence electrons. The van der Waals surface area contributed by atoms with Gasteiger partial charge in [-0.3, -0.25) is 4.79 Å². The van der Waals surface area contributed by atoms with Crippen LogP contribution in [0.3, 0.4) is 0 Å². The van der Waals surface area contributed by atoms with Gasteiger partial charge in [0.25, 0.3) is 0 Å². The average molecular weight is 291 g/mol. The third-order valence-electron chi connectivity index (χ3n) is 2.91. The molecule has 3 nitrogen and oxygen atoms in total. The van der Waals surface area contributed by atoms with Gasteiger partial charge < -0.3 is 4.74 Å². The van der Waals surface area contributed by atoms with Crippen LogP contribution < -0.4 is 0 Å². The maximum atomic E-state index is 12.2. The molecule has 0 aliphatic heterocycles. The Labute approximate surface area is 125 Å². The molecule has 0 fully saturated rings. The van der Waals surface area contributed by atoms with Crippen molar-refractivity contribution in [2.24, 2.45) is 5.92 Å². The van der Waals surface area contributed by atoms with Crippen LogP contribution in [0.4, 0.5) is 0 Å². The fourth-order valence-electron chi connectivity index (χ4n) is 1.74. The first-order valence-corrected chi connectivity index (χ1v) is 7.49. The predicted octanol–water partition coefficient (Wildman–Crippen LogP) is 3.71. The van der Waals surface area contributed by atoms with Gasteiger partial charge in [-0.05, 0) is 43.5 Å². The average Bonchev–Trinajstić information content (AvgIpc) is 2.39.